The average Bonchev–Trinajstić information content (AvgIpc) is 3.40. The van der Waals surface area contributed by atoms with Crippen LogP contribution in [-0.2, 0) is 6.42 Å². The second-order valence-corrected chi connectivity index (χ2v) is 8.56. The molecule has 8 heteroatoms. The molecule has 0 amide bonds. The quantitative estimate of drug-likeness (QED) is 0.465. The van der Waals surface area contributed by atoms with Gasteiger partial charge in [0.25, 0.3) is 0 Å². The van der Waals surface area contributed by atoms with E-state index in [2.05, 4.69) is 20.2 Å². The molecule has 2 aromatic carbocycles. The minimum Gasteiger partial charge on any atom is -0.303 e. The van der Waals surface area contributed by atoms with E-state index >= 15 is 0 Å². The molecule has 0 radical (unpaired) electrons. The van der Waals surface area contributed by atoms with Crippen molar-refractivity contribution in [2.75, 3.05) is 19.6 Å². The van der Waals surface area contributed by atoms with Gasteiger partial charge in [-0.05, 0) is 55.7 Å². The molecule has 154 valence electrons. The van der Waals surface area contributed by atoms with E-state index in [1.807, 2.05) is 10.2 Å². The van der Waals surface area contributed by atoms with Gasteiger partial charge in [-0.2, -0.15) is 0 Å². The minimum absolute atomic E-state index is 0.233. The fourth-order valence-corrected chi connectivity index (χ4v) is 4.90. The Morgan fingerprint density at radius 2 is 1.77 bits per heavy atom. The predicted octanol–water partition coefficient (Wildman–Crippen LogP) is 4.71. The van der Waals surface area contributed by atoms with E-state index in [9.17, 15) is 8.78 Å². The van der Waals surface area contributed by atoms with Crippen molar-refractivity contribution in [2.45, 2.75) is 25.3 Å². The van der Waals surface area contributed by atoms with E-state index < -0.39 is 0 Å². The fourth-order valence-electron chi connectivity index (χ4n) is 4.12. The van der Waals surface area contributed by atoms with Gasteiger partial charge in [-0.3, -0.25) is 0 Å². The van der Waals surface area contributed by atoms with E-state index in [1.54, 1.807) is 29.5 Å². The summed E-state index contributed by atoms with van der Waals surface area (Å²) in [6.45, 7) is 2.93. The molecule has 30 heavy (non-hydrogen) atoms. The van der Waals surface area contributed by atoms with Crippen molar-refractivity contribution in [2.24, 2.45) is 0 Å². The highest BCUT2D eigenvalue weighted by atomic mass is 32.1. The molecule has 1 fully saturated rings. The van der Waals surface area contributed by atoms with Gasteiger partial charge < -0.3 is 4.90 Å². The van der Waals surface area contributed by atoms with Gasteiger partial charge in [0.2, 0.25) is 0 Å². The molecule has 5 nitrogen and oxygen atoms in total. The summed E-state index contributed by atoms with van der Waals surface area (Å²) in [4.78, 5) is 8.18. The number of aromatic nitrogens is 4. The molecule has 0 unspecified atom stereocenters. The van der Waals surface area contributed by atoms with Crippen molar-refractivity contribution >= 4 is 22.4 Å². The Kier molecular flexibility index (Phi) is 5.26. The molecule has 1 aliphatic rings. The number of nitrogens with zero attached hydrogens (tertiary/aromatic N) is 5. The molecule has 1 aliphatic heterocycles. The monoisotopic (exact) mass is 425 g/mol. The van der Waals surface area contributed by atoms with Crippen LogP contribution in [0.3, 0.4) is 0 Å². The summed E-state index contributed by atoms with van der Waals surface area (Å²) in [5.74, 6) is -0.517. The molecule has 0 bridgehead atoms. The second-order valence-electron chi connectivity index (χ2n) is 7.62. The number of piperidine rings is 1. The number of likely N-dealkylation sites (tertiary alicyclic amines) is 1. The molecule has 0 atom stereocenters. The molecular weight excluding hydrogens is 404 g/mol. The maximum Gasteiger partial charge on any atom is 0.125 e. The maximum absolute atomic E-state index is 13.4. The van der Waals surface area contributed by atoms with Gasteiger partial charge in [0.05, 0.1) is 22.8 Å². The molecular formula is C22H21F2N5S. The van der Waals surface area contributed by atoms with Crippen molar-refractivity contribution in [1.29, 1.82) is 0 Å². The predicted molar refractivity (Wildman–Crippen MR) is 113 cm³/mol. The van der Waals surface area contributed by atoms with Crippen LogP contribution in [0.2, 0.25) is 0 Å². The molecule has 0 N–H and O–H groups in total. The highest BCUT2D eigenvalue weighted by molar-refractivity contribution is 7.10. The van der Waals surface area contributed by atoms with Gasteiger partial charge in [0.1, 0.15) is 17.2 Å². The first-order valence-corrected chi connectivity index (χ1v) is 11.0. The van der Waals surface area contributed by atoms with Gasteiger partial charge in [0, 0.05) is 36.1 Å². The summed E-state index contributed by atoms with van der Waals surface area (Å²) in [7, 11) is 0. The SMILES string of the molecule is Fc1ccc(-c2ncsc2CCN2CCC(n3nnc4cc(F)ccc43)CC2)cc1. The topological polar surface area (TPSA) is 46.8 Å². The van der Waals surface area contributed by atoms with E-state index in [1.165, 1.54) is 29.1 Å². The summed E-state index contributed by atoms with van der Waals surface area (Å²) in [5, 5.41) is 8.39. The summed E-state index contributed by atoms with van der Waals surface area (Å²) in [6, 6.07) is 11.5. The zero-order valence-corrected chi connectivity index (χ0v) is 17.2. The summed E-state index contributed by atoms with van der Waals surface area (Å²) in [6.07, 6.45) is 2.90. The van der Waals surface area contributed by atoms with Crippen LogP contribution < -0.4 is 0 Å². The Morgan fingerprint density at radius 3 is 2.57 bits per heavy atom. The number of rotatable bonds is 5. The Morgan fingerprint density at radius 1 is 1.00 bits per heavy atom. The molecule has 0 aliphatic carbocycles. The third-order valence-electron chi connectivity index (χ3n) is 5.75. The van der Waals surface area contributed by atoms with E-state index in [4.69, 9.17) is 0 Å². The number of thiazole rings is 1. The number of benzene rings is 2. The van der Waals surface area contributed by atoms with Crippen LogP contribution in [0.25, 0.3) is 22.3 Å². The normalized spacial score (nSPS) is 15.8. The van der Waals surface area contributed by atoms with Crippen LogP contribution >= 0.6 is 11.3 Å². The lowest BCUT2D eigenvalue weighted by atomic mass is 10.0. The van der Waals surface area contributed by atoms with Crippen LogP contribution in [0.15, 0.2) is 48.0 Å². The number of hydrogen-bond donors (Lipinski definition) is 0. The summed E-state index contributed by atoms with van der Waals surface area (Å²) < 4.78 is 28.5. The van der Waals surface area contributed by atoms with Crippen molar-refractivity contribution in [3.63, 3.8) is 0 Å². The number of fused-ring (bicyclic) bond motifs is 1. The highest BCUT2D eigenvalue weighted by Crippen LogP contribution is 2.28. The van der Waals surface area contributed by atoms with E-state index in [0.29, 0.717) is 5.52 Å². The molecule has 5 rings (SSSR count). The zero-order chi connectivity index (χ0) is 20.5. The lowest BCUT2D eigenvalue weighted by Crippen LogP contribution is -2.36. The number of halogens is 2. The van der Waals surface area contributed by atoms with Crippen LogP contribution in [0, 0.1) is 11.6 Å². The van der Waals surface area contributed by atoms with Gasteiger partial charge in [-0.1, -0.05) is 5.21 Å². The Bertz CT molecular complexity index is 1150. The zero-order valence-electron chi connectivity index (χ0n) is 16.3. The Labute approximate surface area is 177 Å². The van der Waals surface area contributed by atoms with Crippen molar-refractivity contribution < 1.29 is 8.78 Å². The van der Waals surface area contributed by atoms with Crippen LogP contribution in [0.4, 0.5) is 8.78 Å². The molecule has 1 saturated heterocycles. The second kappa shape index (κ2) is 8.20. The lowest BCUT2D eigenvalue weighted by Gasteiger charge is -2.32. The van der Waals surface area contributed by atoms with Gasteiger partial charge in [-0.25, -0.2) is 18.4 Å². The molecule has 0 saturated carbocycles. The van der Waals surface area contributed by atoms with Crippen LogP contribution in [0.1, 0.15) is 23.8 Å². The summed E-state index contributed by atoms with van der Waals surface area (Å²) in [5.41, 5.74) is 5.27. The third-order valence-corrected chi connectivity index (χ3v) is 6.64. The summed E-state index contributed by atoms with van der Waals surface area (Å²) >= 11 is 1.65. The average molecular weight is 426 g/mol. The highest BCUT2D eigenvalue weighted by Gasteiger charge is 2.23. The first-order chi connectivity index (χ1) is 14.7. The Balaban J connectivity index is 1.20. The lowest BCUT2D eigenvalue weighted by molar-refractivity contribution is 0.183. The van der Waals surface area contributed by atoms with Gasteiger partial charge in [-0.15, -0.1) is 16.4 Å². The number of hydrogen-bond acceptors (Lipinski definition) is 5. The van der Waals surface area contributed by atoms with Crippen LogP contribution in [-0.4, -0.2) is 44.5 Å². The molecule has 2 aromatic heterocycles. The van der Waals surface area contributed by atoms with Crippen molar-refractivity contribution in [1.82, 2.24) is 24.9 Å². The van der Waals surface area contributed by atoms with Crippen molar-refractivity contribution in [3.05, 3.63) is 64.5 Å². The standard InChI is InChI=1S/C22H21F2N5S/c23-16-3-1-15(2-4-16)22-21(30-14-25-22)9-12-28-10-7-18(8-11-28)29-20-6-5-17(24)13-19(20)26-27-29/h1-6,13-14,18H,7-12H2. The van der Waals surface area contributed by atoms with Crippen LogP contribution in [0.5, 0.6) is 0 Å². The molecule has 4 aromatic rings. The largest absolute Gasteiger partial charge is 0.303 e. The smallest absolute Gasteiger partial charge is 0.125 e. The van der Waals surface area contributed by atoms with E-state index in [-0.39, 0.29) is 17.7 Å². The minimum atomic E-state index is -0.285. The molecule has 3 heterocycles. The first kappa shape index (κ1) is 19.3. The van der Waals surface area contributed by atoms with Crippen molar-refractivity contribution in [3.8, 4) is 11.3 Å². The van der Waals surface area contributed by atoms with Gasteiger partial charge >= 0.3 is 0 Å². The third kappa shape index (κ3) is 3.85. The van der Waals surface area contributed by atoms with Gasteiger partial charge in [0.15, 0.2) is 0 Å². The fraction of sp³-hybridized carbons (Fsp3) is 0.318. The Hall–Kier alpha value is -2.71. The van der Waals surface area contributed by atoms with E-state index in [0.717, 1.165) is 55.7 Å². The molecule has 0 spiro atoms. The maximum atomic E-state index is 13.4. The first-order valence-electron chi connectivity index (χ1n) is 10.1.